The van der Waals surface area contributed by atoms with Crippen LogP contribution in [0, 0.1) is 0 Å². The molecule has 4 aromatic heterocycles. The van der Waals surface area contributed by atoms with Crippen LogP contribution in [0.15, 0.2) is 75.9 Å². The number of benzene rings is 1. The molecule has 1 aliphatic heterocycles. The molecule has 0 unspecified atom stereocenters. The number of halogens is 1. The molecule has 1 aliphatic rings. The van der Waals surface area contributed by atoms with Gasteiger partial charge in [-0.05, 0) is 48.5 Å². The van der Waals surface area contributed by atoms with Gasteiger partial charge in [-0.1, -0.05) is 16.8 Å². The lowest BCUT2D eigenvalue weighted by molar-refractivity contribution is -0.125. The maximum absolute atomic E-state index is 12.6. The quantitative estimate of drug-likeness (QED) is 0.273. The minimum atomic E-state index is -0.723. The molecule has 0 bridgehead atoms. The molecule has 1 aromatic carbocycles. The summed E-state index contributed by atoms with van der Waals surface area (Å²) >= 11 is 7.42. The number of anilines is 2. The van der Waals surface area contributed by atoms with Gasteiger partial charge in [-0.15, -0.1) is 16.4 Å². The molecule has 5 heterocycles. The Morgan fingerprint density at radius 1 is 1.13 bits per heavy atom. The van der Waals surface area contributed by atoms with Gasteiger partial charge >= 0.3 is 6.09 Å². The zero-order chi connectivity index (χ0) is 26.8. The van der Waals surface area contributed by atoms with Crippen molar-refractivity contribution in [1.29, 1.82) is 0 Å². The van der Waals surface area contributed by atoms with Crippen molar-refractivity contribution >= 4 is 46.3 Å². The second-order valence-corrected chi connectivity index (χ2v) is 10.2. The van der Waals surface area contributed by atoms with E-state index in [0.717, 1.165) is 10.6 Å². The van der Waals surface area contributed by atoms with Gasteiger partial charge in [-0.25, -0.2) is 4.79 Å². The fourth-order valence-corrected chi connectivity index (χ4v) is 5.03. The number of nitrogens with zero attached hydrogens (tertiary/aromatic N) is 4. The Morgan fingerprint density at radius 2 is 2.00 bits per heavy atom. The fourth-order valence-electron chi connectivity index (χ4n) is 4.04. The van der Waals surface area contributed by atoms with E-state index in [1.165, 1.54) is 11.3 Å². The SMILES string of the molecule is O=C(Nc1ccc(N2CCOCC2=O)cc1)Oc1cc(-c2ccco2)n(Cc2cc(-c3ccc(Cl)s3)on2)n1. The molecular formula is C26H20ClN5O6S. The molecule has 39 heavy (non-hydrogen) atoms. The molecular weight excluding hydrogens is 546 g/mol. The van der Waals surface area contributed by atoms with Crippen molar-refractivity contribution in [2.24, 2.45) is 0 Å². The van der Waals surface area contributed by atoms with Gasteiger partial charge in [0.15, 0.2) is 11.5 Å². The van der Waals surface area contributed by atoms with Crippen LogP contribution in [0.1, 0.15) is 5.69 Å². The highest BCUT2D eigenvalue weighted by molar-refractivity contribution is 7.19. The van der Waals surface area contributed by atoms with Crippen LogP contribution in [-0.2, 0) is 16.1 Å². The number of hydrogen-bond acceptors (Lipinski definition) is 9. The summed E-state index contributed by atoms with van der Waals surface area (Å²) in [6.45, 7) is 1.25. The second-order valence-electron chi connectivity index (χ2n) is 8.45. The molecule has 0 aliphatic carbocycles. The molecule has 1 fully saturated rings. The highest BCUT2D eigenvalue weighted by atomic mass is 35.5. The minimum Gasteiger partial charge on any atom is -0.463 e. The van der Waals surface area contributed by atoms with Crippen molar-refractivity contribution in [3.05, 3.63) is 77.0 Å². The Kier molecular flexibility index (Phi) is 6.88. The number of thiophene rings is 1. The fraction of sp³-hybridized carbons (Fsp3) is 0.154. The van der Waals surface area contributed by atoms with Crippen molar-refractivity contribution < 1.29 is 28.0 Å². The second kappa shape index (κ2) is 10.8. The summed E-state index contributed by atoms with van der Waals surface area (Å²) in [7, 11) is 0. The lowest BCUT2D eigenvalue weighted by atomic mass is 10.2. The Labute approximate surface area is 230 Å². The van der Waals surface area contributed by atoms with E-state index < -0.39 is 6.09 Å². The molecule has 0 saturated carbocycles. The molecule has 0 spiro atoms. The first-order valence-electron chi connectivity index (χ1n) is 11.8. The van der Waals surface area contributed by atoms with Crippen molar-refractivity contribution in [3.8, 4) is 28.0 Å². The maximum atomic E-state index is 12.6. The molecule has 198 valence electrons. The van der Waals surface area contributed by atoms with E-state index in [1.807, 2.05) is 6.07 Å². The Morgan fingerprint density at radius 3 is 2.74 bits per heavy atom. The molecule has 6 rings (SSSR count). The van der Waals surface area contributed by atoms with E-state index in [1.54, 1.807) is 70.4 Å². The lowest BCUT2D eigenvalue weighted by Gasteiger charge is -2.26. The van der Waals surface area contributed by atoms with Gasteiger partial charge in [0.2, 0.25) is 5.88 Å². The summed E-state index contributed by atoms with van der Waals surface area (Å²) in [4.78, 5) is 27.2. The monoisotopic (exact) mass is 565 g/mol. The number of rotatable bonds is 7. The molecule has 1 saturated heterocycles. The molecule has 2 amide bonds. The number of morpholine rings is 1. The number of carbonyl (C=O) groups excluding carboxylic acids is 2. The maximum Gasteiger partial charge on any atom is 0.418 e. The van der Waals surface area contributed by atoms with Crippen LogP contribution in [0.3, 0.4) is 0 Å². The summed E-state index contributed by atoms with van der Waals surface area (Å²) in [5.74, 6) is 1.10. The number of amides is 2. The average molecular weight is 566 g/mol. The van der Waals surface area contributed by atoms with Crippen LogP contribution in [0.5, 0.6) is 5.88 Å². The van der Waals surface area contributed by atoms with Crippen LogP contribution in [0.4, 0.5) is 16.2 Å². The standard InChI is InChI=1S/C26H20ClN5O6S/c27-23-8-7-22(39-23)21-12-17(30-38-21)14-32-19(20-2-1-10-36-20)13-24(29-32)37-26(34)28-16-3-5-18(6-4-16)31-9-11-35-15-25(31)33/h1-8,10,12-13H,9,11,14-15H2,(H,28,34). The van der Waals surface area contributed by atoms with Gasteiger partial charge in [-0.3, -0.25) is 14.8 Å². The van der Waals surface area contributed by atoms with Crippen LogP contribution in [0.25, 0.3) is 22.1 Å². The topological polar surface area (TPSA) is 125 Å². The number of nitrogens with one attached hydrogen (secondary N) is 1. The number of ether oxygens (including phenoxy) is 2. The van der Waals surface area contributed by atoms with E-state index in [9.17, 15) is 9.59 Å². The van der Waals surface area contributed by atoms with Crippen molar-refractivity contribution in [3.63, 3.8) is 0 Å². The van der Waals surface area contributed by atoms with Crippen LogP contribution in [-0.4, -0.2) is 46.7 Å². The third-order valence-corrected chi connectivity index (χ3v) is 7.07. The van der Waals surface area contributed by atoms with Crippen molar-refractivity contribution in [2.45, 2.75) is 6.54 Å². The predicted molar refractivity (Wildman–Crippen MR) is 143 cm³/mol. The van der Waals surface area contributed by atoms with Crippen LogP contribution >= 0.6 is 22.9 Å². The summed E-state index contributed by atoms with van der Waals surface area (Å²) in [5, 5.41) is 11.2. The largest absolute Gasteiger partial charge is 0.463 e. The summed E-state index contributed by atoms with van der Waals surface area (Å²) in [6.07, 6.45) is 0.821. The molecule has 13 heteroatoms. The van der Waals surface area contributed by atoms with Gasteiger partial charge in [0, 0.05) is 30.1 Å². The number of aromatic nitrogens is 3. The lowest BCUT2D eigenvalue weighted by Crippen LogP contribution is -2.41. The van der Waals surface area contributed by atoms with Gasteiger partial charge in [0.25, 0.3) is 5.91 Å². The Hall–Kier alpha value is -4.39. The van der Waals surface area contributed by atoms with Gasteiger partial charge in [0.1, 0.15) is 18.0 Å². The number of hydrogen-bond donors (Lipinski definition) is 1. The predicted octanol–water partition coefficient (Wildman–Crippen LogP) is 5.54. The highest BCUT2D eigenvalue weighted by Crippen LogP contribution is 2.32. The molecule has 5 aromatic rings. The summed E-state index contributed by atoms with van der Waals surface area (Å²) in [6, 6.07) is 17.5. The number of furan rings is 1. The zero-order valence-corrected chi connectivity index (χ0v) is 21.8. The van der Waals surface area contributed by atoms with Gasteiger partial charge in [-0.2, -0.15) is 0 Å². The first kappa shape index (κ1) is 24.9. The summed E-state index contributed by atoms with van der Waals surface area (Å²) < 4.78 is 23.9. The first-order chi connectivity index (χ1) is 19.0. The molecule has 0 atom stereocenters. The van der Waals surface area contributed by atoms with Gasteiger partial charge < -0.3 is 23.3 Å². The van der Waals surface area contributed by atoms with Crippen molar-refractivity contribution in [2.75, 3.05) is 30.0 Å². The molecule has 11 nitrogen and oxygen atoms in total. The average Bonchev–Trinajstić information content (AvgIpc) is 3.73. The van der Waals surface area contributed by atoms with E-state index in [2.05, 4.69) is 15.6 Å². The number of carbonyl (C=O) groups is 2. The smallest absolute Gasteiger partial charge is 0.418 e. The highest BCUT2D eigenvalue weighted by Gasteiger charge is 2.21. The zero-order valence-electron chi connectivity index (χ0n) is 20.2. The van der Waals surface area contributed by atoms with E-state index in [4.69, 9.17) is 30.0 Å². The third-order valence-electron chi connectivity index (χ3n) is 5.83. The van der Waals surface area contributed by atoms with E-state index in [-0.39, 0.29) is 24.9 Å². The van der Waals surface area contributed by atoms with Crippen molar-refractivity contribution in [1.82, 2.24) is 14.9 Å². The van der Waals surface area contributed by atoms with Gasteiger partial charge in [0.05, 0.1) is 28.6 Å². The Bertz CT molecular complexity index is 1610. The van der Waals surface area contributed by atoms with Crippen LogP contribution < -0.4 is 15.0 Å². The van der Waals surface area contributed by atoms with E-state index >= 15 is 0 Å². The normalized spacial score (nSPS) is 13.6. The minimum absolute atomic E-state index is 0.0558. The summed E-state index contributed by atoms with van der Waals surface area (Å²) in [5.41, 5.74) is 2.42. The first-order valence-corrected chi connectivity index (χ1v) is 13.0. The van der Waals surface area contributed by atoms with Crippen LogP contribution in [0.2, 0.25) is 4.34 Å². The molecule has 1 N–H and O–H groups in total. The molecule has 0 radical (unpaired) electrons. The van der Waals surface area contributed by atoms with E-state index in [0.29, 0.717) is 46.1 Å². The third kappa shape index (κ3) is 5.58. The Balaban J connectivity index is 1.15.